The van der Waals surface area contributed by atoms with Gasteiger partial charge in [0.05, 0.1) is 5.92 Å². The lowest BCUT2D eigenvalue weighted by Gasteiger charge is -2.16. The molecule has 3 rings (SSSR count). The Labute approximate surface area is 140 Å². The van der Waals surface area contributed by atoms with Crippen LogP contribution in [0.5, 0.6) is 0 Å². The zero-order valence-electron chi connectivity index (χ0n) is 13.2. The molecule has 0 aromatic heterocycles. The van der Waals surface area contributed by atoms with Crippen LogP contribution in [0.2, 0.25) is 0 Å². The fraction of sp³-hybridized carbons (Fsp3) is 0.263. The van der Waals surface area contributed by atoms with E-state index in [9.17, 15) is 14.0 Å². The van der Waals surface area contributed by atoms with Gasteiger partial charge in [0.25, 0.3) is 0 Å². The number of likely N-dealkylation sites (tertiary alicyclic amines) is 1. The van der Waals surface area contributed by atoms with Crippen LogP contribution in [-0.2, 0) is 22.7 Å². The van der Waals surface area contributed by atoms with Crippen LogP contribution in [0.1, 0.15) is 17.5 Å². The maximum absolute atomic E-state index is 13.6. The summed E-state index contributed by atoms with van der Waals surface area (Å²) < 4.78 is 13.6. The molecule has 1 aliphatic rings. The van der Waals surface area contributed by atoms with Crippen molar-refractivity contribution >= 4 is 11.8 Å². The van der Waals surface area contributed by atoms with E-state index < -0.39 is 0 Å². The fourth-order valence-corrected chi connectivity index (χ4v) is 2.87. The van der Waals surface area contributed by atoms with Crippen molar-refractivity contribution in [1.29, 1.82) is 0 Å². The van der Waals surface area contributed by atoms with Crippen LogP contribution in [0.15, 0.2) is 54.6 Å². The number of benzene rings is 2. The summed E-state index contributed by atoms with van der Waals surface area (Å²) in [6.07, 6.45) is 0.204. The van der Waals surface area contributed by atoms with Crippen molar-refractivity contribution in [2.24, 2.45) is 5.92 Å². The zero-order chi connectivity index (χ0) is 16.9. The lowest BCUT2D eigenvalue weighted by molar-refractivity contribution is -0.129. The number of carbonyl (C=O) groups excluding carboxylic acids is 2. The van der Waals surface area contributed by atoms with Gasteiger partial charge < -0.3 is 10.2 Å². The summed E-state index contributed by atoms with van der Waals surface area (Å²) in [5.41, 5.74) is 1.48. The Hall–Kier alpha value is -2.69. The number of rotatable bonds is 5. The largest absolute Gasteiger partial charge is 0.352 e. The standard InChI is InChI=1S/C19H19FN2O2/c20-17-9-5-4-8-15(17)11-21-19(24)16-10-18(23)22(13-16)12-14-6-2-1-3-7-14/h1-9,16H,10-13H2,(H,21,24)/t16-/m1/s1. The lowest BCUT2D eigenvalue weighted by Crippen LogP contribution is -2.32. The Bertz CT molecular complexity index is 733. The normalized spacial score (nSPS) is 17.1. The Balaban J connectivity index is 1.55. The molecule has 0 spiro atoms. The van der Waals surface area contributed by atoms with Crippen molar-refractivity contribution in [2.75, 3.05) is 6.54 Å². The predicted molar refractivity (Wildman–Crippen MR) is 88.2 cm³/mol. The minimum atomic E-state index is -0.381. The highest BCUT2D eigenvalue weighted by Gasteiger charge is 2.34. The molecule has 0 radical (unpaired) electrons. The molecule has 1 N–H and O–H groups in total. The van der Waals surface area contributed by atoms with Gasteiger partial charge in [0.15, 0.2) is 0 Å². The molecule has 4 nitrogen and oxygen atoms in total. The smallest absolute Gasteiger partial charge is 0.225 e. The number of nitrogens with zero attached hydrogens (tertiary/aromatic N) is 1. The van der Waals surface area contributed by atoms with Crippen LogP contribution < -0.4 is 5.32 Å². The summed E-state index contributed by atoms with van der Waals surface area (Å²) >= 11 is 0. The van der Waals surface area contributed by atoms with E-state index in [1.165, 1.54) is 6.07 Å². The van der Waals surface area contributed by atoms with Crippen molar-refractivity contribution in [1.82, 2.24) is 10.2 Å². The molecule has 0 unspecified atom stereocenters. The summed E-state index contributed by atoms with van der Waals surface area (Å²) in [4.78, 5) is 26.1. The summed E-state index contributed by atoms with van der Waals surface area (Å²) in [6.45, 7) is 1.04. The Kier molecular flexibility index (Phi) is 4.89. The quantitative estimate of drug-likeness (QED) is 0.918. The van der Waals surface area contributed by atoms with Gasteiger partial charge in [-0.25, -0.2) is 4.39 Å². The maximum Gasteiger partial charge on any atom is 0.225 e. The molecule has 124 valence electrons. The number of carbonyl (C=O) groups is 2. The van der Waals surface area contributed by atoms with Crippen LogP contribution in [0, 0.1) is 11.7 Å². The minimum Gasteiger partial charge on any atom is -0.352 e. The molecular weight excluding hydrogens is 307 g/mol. The first kappa shape index (κ1) is 16.2. The van der Waals surface area contributed by atoms with Crippen molar-refractivity contribution in [3.63, 3.8) is 0 Å². The van der Waals surface area contributed by atoms with E-state index in [0.717, 1.165) is 5.56 Å². The van der Waals surface area contributed by atoms with Gasteiger partial charge in [-0.2, -0.15) is 0 Å². The van der Waals surface area contributed by atoms with Gasteiger partial charge in [-0.05, 0) is 11.6 Å². The van der Waals surface area contributed by atoms with Gasteiger partial charge in [-0.3, -0.25) is 9.59 Å². The van der Waals surface area contributed by atoms with Crippen molar-refractivity contribution in [2.45, 2.75) is 19.5 Å². The van der Waals surface area contributed by atoms with Crippen LogP contribution >= 0.6 is 0 Å². The molecule has 0 saturated carbocycles. The van der Waals surface area contributed by atoms with Crippen LogP contribution in [0.25, 0.3) is 0 Å². The monoisotopic (exact) mass is 326 g/mol. The Morgan fingerprint density at radius 2 is 1.83 bits per heavy atom. The molecule has 1 aliphatic heterocycles. The number of hydrogen-bond acceptors (Lipinski definition) is 2. The molecule has 0 bridgehead atoms. The first-order valence-corrected chi connectivity index (χ1v) is 7.96. The van der Waals surface area contributed by atoms with Gasteiger partial charge >= 0.3 is 0 Å². The third-order valence-corrected chi connectivity index (χ3v) is 4.21. The van der Waals surface area contributed by atoms with E-state index >= 15 is 0 Å². The minimum absolute atomic E-state index is 0.0232. The average molecular weight is 326 g/mol. The van der Waals surface area contributed by atoms with Gasteiger partial charge in [0, 0.05) is 31.6 Å². The van der Waals surface area contributed by atoms with E-state index in [1.54, 1.807) is 23.1 Å². The van der Waals surface area contributed by atoms with Crippen LogP contribution in [0.3, 0.4) is 0 Å². The number of hydrogen-bond donors (Lipinski definition) is 1. The van der Waals surface area contributed by atoms with Gasteiger partial charge in [0.1, 0.15) is 5.82 Å². The van der Waals surface area contributed by atoms with Crippen molar-refractivity contribution in [3.8, 4) is 0 Å². The van der Waals surface area contributed by atoms with Crippen molar-refractivity contribution < 1.29 is 14.0 Å². The topological polar surface area (TPSA) is 49.4 Å². The summed E-state index contributed by atoms with van der Waals surface area (Å²) in [5.74, 6) is -0.953. The molecule has 2 amide bonds. The molecule has 24 heavy (non-hydrogen) atoms. The van der Waals surface area contributed by atoms with E-state index in [2.05, 4.69) is 5.32 Å². The number of nitrogens with one attached hydrogen (secondary N) is 1. The second-order valence-electron chi connectivity index (χ2n) is 5.97. The molecule has 5 heteroatoms. The Morgan fingerprint density at radius 1 is 1.12 bits per heavy atom. The summed E-state index contributed by atoms with van der Waals surface area (Å²) in [7, 11) is 0. The Morgan fingerprint density at radius 3 is 2.58 bits per heavy atom. The summed E-state index contributed by atoms with van der Waals surface area (Å²) in [6, 6.07) is 16.0. The van der Waals surface area contributed by atoms with E-state index in [0.29, 0.717) is 18.7 Å². The van der Waals surface area contributed by atoms with Crippen LogP contribution in [-0.4, -0.2) is 23.3 Å². The van der Waals surface area contributed by atoms with E-state index in [1.807, 2.05) is 30.3 Å². The van der Waals surface area contributed by atoms with E-state index in [4.69, 9.17) is 0 Å². The molecule has 2 aromatic rings. The first-order chi connectivity index (χ1) is 11.6. The molecule has 1 fully saturated rings. The summed E-state index contributed by atoms with van der Waals surface area (Å²) in [5, 5.41) is 2.73. The third kappa shape index (κ3) is 3.79. The number of halogens is 1. The molecule has 0 aliphatic carbocycles. The second kappa shape index (κ2) is 7.25. The number of amides is 2. The second-order valence-corrected chi connectivity index (χ2v) is 5.97. The van der Waals surface area contributed by atoms with Crippen molar-refractivity contribution in [3.05, 3.63) is 71.5 Å². The SMILES string of the molecule is O=C(NCc1ccccc1F)[C@@H]1CC(=O)N(Cc2ccccc2)C1. The third-order valence-electron chi connectivity index (χ3n) is 4.21. The van der Waals surface area contributed by atoms with Gasteiger partial charge in [-0.1, -0.05) is 48.5 Å². The molecular formula is C19H19FN2O2. The predicted octanol–water partition coefficient (Wildman–Crippen LogP) is 2.49. The fourth-order valence-electron chi connectivity index (χ4n) is 2.87. The highest BCUT2D eigenvalue weighted by Crippen LogP contribution is 2.20. The molecule has 1 heterocycles. The lowest BCUT2D eigenvalue weighted by atomic mass is 10.1. The first-order valence-electron chi connectivity index (χ1n) is 7.96. The van der Waals surface area contributed by atoms with Gasteiger partial charge in [0.2, 0.25) is 11.8 Å². The van der Waals surface area contributed by atoms with E-state index in [-0.39, 0.29) is 36.5 Å². The molecule has 1 atom stereocenters. The highest BCUT2D eigenvalue weighted by molar-refractivity contribution is 5.89. The average Bonchev–Trinajstić information content (AvgIpc) is 2.96. The molecule has 2 aromatic carbocycles. The maximum atomic E-state index is 13.6. The molecule has 1 saturated heterocycles. The van der Waals surface area contributed by atoms with Crippen LogP contribution in [0.4, 0.5) is 4.39 Å². The highest BCUT2D eigenvalue weighted by atomic mass is 19.1. The van der Waals surface area contributed by atoms with Gasteiger partial charge in [-0.15, -0.1) is 0 Å². The zero-order valence-corrected chi connectivity index (χ0v) is 13.2.